The van der Waals surface area contributed by atoms with E-state index in [1.165, 1.54) is 12.1 Å². The van der Waals surface area contributed by atoms with Crippen molar-refractivity contribution < 1.29 is 23.2 Å². The number of hydrogen-bond donors (Lipinski definition) is 2. The minimum absolute atomic E-state index is 0.118. The third-order valence-corrected chi connectivity index (χ3v) is 5.37. The van der Waals surface area contributed by atoms with Crippen molar-refractivity contribution >= 4 is 23.5 Å². The lowest BCUT2D eigenvalue weighted by Gasteiger charge is -2.42. The topological polar surface area (TPSA) is 81.8 Å². The van der Waals surface area contributed by atoms with Gasteiger partial charge in [-0.05, 0) is 32.4 Å². The lowest BCUT2D eigenvalue weighted by molar-refractivity contribution is -0.137. The van der Waals surface area contributed by atoms with E-state index in [4.69, 9.17) is 0 Å². The molecule has 0 aromatic heterocycles. The maximum Gasteiger partial charge on any atom is 0.322 e. The van der Waals surface area contributed by atoms with Crippen molar-refractivity contribution in [2.75, 3.05) is 24.5 Å². The summed E-state index contributed by atoms with van der Waals surface area (Å²) in [7, 11) is 0. The largest absolute Gasteiger partial charge is 0.365 e. The maximum atomic E-state index is 13.5. The molecule has 3 atom stereocenters. The summed E-state index contributed by atoms with van der Waals surface area (Å²) in [5, 5.41) is 4.76. The third-order valence-electron chi connectivity index (χ3n) is 5.37. The van der Waals surface area contributed by atoms with Crippen LogP contribution in [0.5, 0.6) is 0 Å². The molecule has 2 saturated heterocycles. The van der Waals surface area contributed by atoms with Crippen molar-refractivity contribution in [3.05, 3.63) is 29.8 Å². The van der Waals surface area contributed by atoms with Crippen LogP contribution in [0.1, 0.15) is 27.2 Å². The SMILES string of the molecule is CC(CC1(C)NC(=O)NC1=O)C(=O)N1CCN(c2cc(F)cc(F)c2)[C@@H](C)C1. The number of rotatable bonds is 4. The monoisotopic (exact) mass is 394 g/mol. The first-order valence-electron chi connectivity index (χ1n) is 9.24. The number of urea groups is 1. The molecule has 2 unspecified atom stereocenters. The molecule has 28 heavy (non-hydrogen) atoms. The molecule has 3 rings (SSSR count). The van der Waals surface area contributed by atoms with E-state index in [1.54, 1.807) is 18.7 Å². The number of imide groups is 1. The molecular formula is C19H24F2N4O3. The predicted molar refractivity (Wildman–Crippen MR) is 98.6 cm³/mol. The highest BCUT2D eigenvalue weighted by Gasteiger charge is 2.44. The Hall–Kier alpha value is -2.71. The van der Waals surface area contributed by atoms with E-state index in [-0.39, 0.29) is 18.4 Å². The number of nitrogens with one attached hydrogen (secondary N) is 2. The summed E-state index contributed by atoms with van der Waals surface area (Å²) in [6, 6.07) is 2.70. The highest BCUT2D eigenvalue weighted by atomic mass is 19.1. The summed E-state index contributed by atoms with van der Waals surface area (Å²) in [6.07, 6.45) is 0.188. The van der Waals surface area contributed by atoms with Gasteiger partial charge in [0.15, 0.2) is 0 Å². The molecule has 2 aliphatic heterocycles. The summed E-state index contributed by atoms with van der Waals surface area (Å²) >= 11 is 0. The lowest BCUT2D eigenvalue weighted by atomic mass is 9.89. The molecule has 2 fully saturated rings. The van der Waals surface area contributed by atoms with Gasteiger partial charge in [-0.15, -0.1) is 0 Å². The smallest absolute Gasteiger partial charge is 0.322 e. The standard InChI is InChI=1S/C19H24F2N4O3/c1-11(9-19(3)17(27)22-18(28)23-19)16(26)24-4-5-25(12(2)10-24)15-7-13(20)6-14(21)8-15/h6-8,11-12H,4-5,9-10H2,1-3H3,(H2,22,23,27,28)/t11?,12-,19?/m0/s1. The Morgan fingerprint density at radius 2 is 1.89 bits per heavy atom. The number of anilines is 1. The first-order chi connectivity index (χ1) is 13.1. The van der Waals surface area contributed by atoms with Crippen LogP contribution in [-0.2, 0) is 9.59 Å². The van der Waals surface area contributed by atoms with Crippen molar-refractivity contribution in [2.24, 2.45) is 5.92 Å². The summed E-state index contributed by atoms with van der Waals surface area (Å²) in [5.41, 5.74) is -0.665. The second-order valence-electron chi connectivity index (χ2n) is 7.80. The second-order valence-corrected chi connectivity index (χ2v) is 7.80. The fourth-order valence-corrected chi connectivity index (χ4v) is 3.98. The molecule has 152 valence electrons. The molecule has 1 aromatic carbocycles. The van der Waals surface area contributed by atoms with Gasteiger partial charge >= 0.3 is 6.03 Å². The molecule has 2 aliphatic rings. The van der Waals surface area contributed by atoms with E-state index in [2.05, 4.69) is 10.6 Å². The van der Waals surface area contributed by atoms with Gasteiger partial charge in [-0.25, -0.2) is 13.6 Å². The zero-order valence-corrected chi connectivity index (χ0v) is 16.1. The van der Waals surface area contributed by atoms with E-state index in [0.29, 0.717) is 25.3 Å². The molecule has 7 nitrogen and oxygen atoms in total. The number of carbonyl (C=O) groups is 3. The normalized spacial score (nSPS) is 26.1. The van der Waals surface area contributed by atoms with Crippen LogP contribution in [0.25, 0.3) is 0 Å². The Morgan fingerprint density at radius 3 is 2.43 bits per heavy atom. The van der Waals surface area contributed by atoms with Gasteiger partial charge in [0.05, 0.1) is 0 Å². The maximum absolute atomic E-state index is 13.5. The van der Waals surface area contributed by atoms with Gasteiger partial charge in [0.1, 0.15) is 17.2 Å². The van der Waals surface area contributed by atoms with Crippen LogP contribution >= 0.6 is 0 Å². The van der Waals surface area contributed by atoms with Crippen molar-refractivity contribution in [1.29, 1.82) is 0 Å². The number of carbonyl (C=O) groups excluding carboxylic acids is 3. The number of halogens is 2. The summed E-state index contributed by atoms with van der Waals surface area (Å²) in [4.78, 5) is 39.8. The first kappa shape index (κ1) is 20.0. The van der Waals surface area contributed by atoms with Crippen LogP contribution in [0.2, 0.25) is 0 Å². The van der Waals surface area contributed by atoms with Crippen LogP contribution in [0.3, 0.4) is 0 Å². The van der Waals surface area contributed by atoms with E-state index < -0.39 is 35.0 Å². The number of hydrogen-bond acceptors (Lipinski definition) is 4. The van der Waals surface area contributed by atoms with Gasteiger partial charge in [0.2, 0.25) is 5.91 Å². The summed E-state index contributed by atoms with van der Waals surface area (Å²) in [5.74, 6) is -2.31. The Kier molecular flexibility index (Phi) is 5.27. The molecule has 0 spiro atoms. The van der Waals surface area contributed by atoms with Crippen LogP contribution in [0.4, 0.5) is 19.3 Å². The zero-order valence-electron chi connectivity index (χ0n) is 16.1. The molecule has 0 saturated carbocycles. The average Bonchev–Trinajstić information content (AvgIpc) is 2.84. The van der Waals surface area contributed by atoms with Crippen molar-refractivity contribution in [2.45, 2.75) is 38.8 Å². The zero-order chi connectivity index (χ0) is 20.6. The van der Waals surface area contributed by atoms with Crippen molar-refractivity contribution in [3.63, 3.8) is 0 Å². The molecule has 9 heteroatoms. The number of nitrogens with zero attached hydrogens (tertiary/aromatic N) is 2. The fraction of sp³-hybridized carbons (Fsp3) is 0.526. The summed E-state index contributed by atoms with van der Waals surface area (Å²) in [6.45, 7) is 6.45. The van der Waals surface area contributed by atoms with Crippen molar-refractivity contribution in [3.8, 4) is 0 Å². The minimum Gasteiger partial charge on any atom is -0.365 e. The molecule has 0 bridgehead atoms. The molecular weight excluding hydrogens is 370 g/mol. The van der Waals surface area contributed by atoms with E-state index in [0.717, 1.165) is 6.07 Å². The van der Waals surface area contributed by atoms with E-state index >= 15 is 0 Å². The quantitative estimate of drug-likeness (QED) is 0.761. The van der Waals surface area contributed by atoms with Gasteiger partial charge in [0, 0.05) is 43.3 Å². The molecule has 2 N–H and O–H groups in total. The van der Waals surface area contributed by atoms with Crippen LogP contribution < -0.4 is 15.5 Å². The van der Waals surface area contributed by atoms with Gasteiger partial charge in [-0.1, -0.05) is 6.92 Å². The van der Waals surface area contributed by atoms with E-state index in [9.17, 15) is 23.2 Å². The summed E-state index contributed by atoms with van der Waals surface area (Å²) < 4.78 is 27.0. The number of benzene rings is 1. The highest BCUT2D eigenvalue weighted by molar-refractivity contribution is 6.07. The van der Waals surface area contributed by atoms with Crippen molar-refractivity contribution in [1.82, 2.24) is 15.5 Å². The highest BCUT2D eigenvalue weighted by Crippen LogP contribution is 2.26. The third kappa shape index (κ3) is 3.93. The van der Waals surface area contributed by atoms with Crippen LogP contribution in [-0.4, -0.2) is 54.0 Å². The van der Waals surface area contributed by atoms with Gasteiger partial charge < -0.3 is 15.1 Å². The van der Waals surface area contributed by atoms with Gasteiger partial charge in [0.25, 0.3) is 5.91 Å². The Labute approximate surface area is 162 Å². The van der Waals surface area contributed by atoms with Gasteiger partial charge in [-0.3, -0.25) is 14.9 Å². The average molecular weight is 394 g/mol. The fourth-order valence-electron chi connectivity index (χ4n) is 3.98. The molecule has 2 heterocycles. The Balaban J connectivity index is 1.63. The van der Waals surface area contributed by atoms with Crippen LogP contribution in [0.15, 0.2) is 18.2 Å². The minimum atomic E-state index is -1.11. The predicted octanol–water partition coefficient (Wildman–Crippen LogP) is 1.63. The van der Waals surface area contributed by atoms with E-state index in [1.807, 2.05) is 11.8 Å². The van der Waals surface area contributed by atoms with Crippen LogP contribution in [0, 0.1) is 17.6 Å². The first-order valence-corrected chi connectivity index (χ1v) is 9.24. The molecule has 4 amide bonds. The van der Waals surface area contributed by atoms with Gasteiger partial charge in [-0.2, -0.15) is 0 Å². The molecule has 0 radical (unpaired) electrons. The molecule has 1 aromatic rings. The number of amides is 4. The second kappa shape index (κ2) is 7.37. The Bertz CT molecular complexity index is 798. The lowest BCUT2D eigenvalue weighted by Crippen LogP contribution is -2.55. The molecule has 0 aliphatic carbocycles. The number of piperazine rings is 1. The Morgan fingerprint density at radius 1 is 1.25 bits per heavy atom.